The number of rotatable bonds is 9. The van der Waals surface area contributed by atoms with Gasteiger partial charge < -0.3 is 29.1 Å². The zero-order valence-corrected chi connectivity index (χ0v) is 27.5. The monoisotopic (exact) mass is 664 g/mol. The van der Waals surface area contributed by atoms with Crippen molar-refractivity contribution in [1.29, 1.82) is 0 Å². The molecule has 2 aliphatic rings. The van der Waals surface area contributed by atoms with Gasteiger partial charge in [-0.1, -0.05) is 30.3 Å². The molecule has 254 valence electrons. The molecule has 3 aromatic carbocycles. The van der Waals surface area contributed by atoms with E-state index in [1.165, 1.54) is 17.0 Å². The SMILES string of the molecule is CNC(=O)C1(CCc2ccc3c(c2)OCCO3)CCN(CCn2c(=O)cnc3ccccc32)CC1.O=CCn1c(=O)cnc2ccccc21. The van der Waals surface area contributed by atoms with Crippen LogP contribution in [0.15, 0.2) is 88.7 Å². The van der Waals surface area contributed by atoms with Crippen LogP contribution in [0.3, 0.4) is 0 Å². The number of carbonyl (C=O) groups is 2. The molecule has 1 fully saturated rings. The predicted molar refractivity (Wildman–Crippen MR) is 186 cm³/mol. The fraction of sp³-hybridized carbons (Fsp3) is 0.351. The Morgan fingerprint density at radius 3 is 2.10 bits per heavy atom. The summed E-state index contributed by atoms with van der Waals surface area (Å²) in [6, 6.07) is 21.0. The van der Waals surface area contributed by atoms with Crippen LogP contribution in [0.2, 0.25) is 0 Å². The molecule has 0 atom stereocenters. The van der Waals surface area contributed by atoms with Gasteiger partial charge in [0.1, 0.15) is 19.5 Å². The van der Waals surface area contributed by atoms with E-state index in [0.717, 1.165) is 73.4 Å². The number of piperidine rings is 1. The van der Waals surface area contributed by atoms with E-state index in [1.807, 2.05) is 48.5 Å². The Bertz CT molecular complexity index is 2070. The molecule has 12 heteroatoms. The van der Waals surface area contributed by atoms with Crippen LogP contribution in [-0.2, 0) is 29.1 Å². The Morgan fingerprint density at radius 1 is 0.837 bits per heavy atom. The maximum Gasteiger partial charge on any atom is 0.269 e. The molecule has 0 bridgehead atoms. The molecule has 0 radical (unpaired) electrons. The standard InChI is InChI=1S/C27H32N4O4.C10H8N2O2/c1-28-26(33)27(9-8-20-6-7-23-24(18-20)35-17-16-34-23)10-12-30(13-11-27)14-15-31-22-5-3-2-4-21(22)29-19-25(31)32;13-6-5-12-9-4-2-1-3-8(9)11-7-10(12)14/h2-7,18-19H,8-17H2,1H3,(H,28,33);1-4,6-7H,5H2. The first-order chi connectivity index (χ1) is 23.9. The molecule has 0 unspecified atom stereocenters. The Hall–Kier alpha value is -5.36. The van der Waals surface area contributed by atoms with Crippen LogP contribution in [0.4, 0.5) is 0 Å². The van der Waals surface area contributed by atoms with Gasteiger partial charge in [0, 0.05) is 20.1 Å². The molecule has 0 spiro atoms. The number of ether oxygens (including phenoxy) is 2. The van der Waals surface area contributed by atoms with E-state index in [9.17, 15) is 19.2 Å². The van der Waals surface area contributed by atoms with Gasteiger partial charge in [-0.15, -0.1) is 0 Å². The number of nitrogens with one attached hydrogen (secondary N) is 1. The van der Waals surface area contributed by atoms with Crippen molar-refractivity contribution in [2.75, 3.05) is 39.9 Å². The number of fused-ring (bicyclic) bond motifs is 3. The van der Waals surface area contributed by atoms with Crippen LogP contribution in [0.25, 0.3) is 22.1 Å². The van der Waals surface area contributed by atoms with Crippen molar-refractivity contribution in [1.82, 2.24) is 29.3 Å². The van der Waals surface area contributed by atoms with E-state index in [4.69, 9.17) is 9.47 Å². The van der Waals surface area contributed by atoms with Crippen molar-refractivity contribution in [2.24, 2.45) is 5.41 Å². The minimum absolute atomic E-state index is 0.0713. The van der Waals surface area contributed by atoms with Gasteiger partial charge in [-0.05, 0) is 80.7 Å². The van der Waals surface area contributed by atoms with Gasteiger partial charge in [-0.3, -0.25) is 19.0 Å². The number of amides is 1. The van der Waals surface area contributed by atoms with Crippen molar-refractivity contribution in [3.63, 3.8) is 0 Å². The maximum atomic E-state index is 13.0. The summed E-state index contributed by atoms with van der Waals surface area (Å²) < 4.78 is 14.5. The van der Waals surface area contributed by atoms with Crippen molar-refractivity contribution >= 4 is 34.3 Å². The van der Waals surface area contributed by atoms with Gasteiger partial charge in [0.25, 0.3) is 11.1 Å². The van der Waals surface area contributed by atoms with Gasteiger partial charge >= 0.3 is 0 Å². The Morgan fingerprint density at radius 2 is 1.45 bits per heavy atom. The first-order valence-corrected chi connectivity index (χ1v) is 16.6. The highest BCUT2D eigenvalue weighted by Gasteiger charge is 2.40. The summed E-state index contributed by atoms with van der Waals surface area (Å²) in [5, 5.41) is 2.91. The predicted octanol–water partition coefficient (Wildman–Crippen LogP) is 3.22. The van der Waals surface area contributed by atoms with E-state index >= 15 is 0 Å². The van der Waals surface area contributed by atoms with Gasteiger partial charge in [-0.25, -0.2) is 9.97 Å². The molecule has 4 heterocycles. The number of carbonyl (C=O) groups excluding carboxylic acids is 2. The van der Waals surface area contributed by atoms with Gasteiger partial charge in [0.2, 0.25) is 5.91 Å². The number of hydrogen-bond acceptors (Lipinski definition) is 9. The number of aryl methyl sites for hydroxylation is 1. The van der Waals surface area contributed by atoms with E-state index in [-0.39, 0.29) is 23.6 Å². The third-order valence-electron chi connectivity index (χ3n) is 9.42. The molecule has 0 aliphatic carbocycles. The summed E-state index contributed by atoms with van der Waals surface area (Å²) in [5.41, 5.74) is 3.51. The number of para-hydroxylation sites is 4. The zero-order valence-electron chi connectivity index (χ0n) is 27.5. The minimum Gasteiger partial charge on any atom is -0.486 e. The largest absolute Gasteiger partial charge is 0.486 e. The second-order valence-electron chi connectivity index (χ2n) is 12.3. The molecule has 49 heavy (non-hydrogen) atoms. The summed E-state index contributed by atoms with van der Waals surface area (Å²) in [5.74, 6) is 1.69. The van der Waals surface area contributed by atoms with Crippen LogP contribution in [-0.4, -0.2) is 76.1 Å². The zero-order chi connectivity index (χ0) is 34.2. The summed E-state index contributed by atoms with van der Waals surface area (Å²) in [7, 11) is 1.72. The number of aldehydes is 1. The van der Waals surface area contributed by atoms with Crippen molar-refractivity contribution in [2.45, 2.75) is 38.8 Å². The highest BCUT2D eigenvalue weighted by Crippen LogP contribution is 2.38. The molecular weight excluding hydrogens is 624 g/mol. The third-order valence-corrected chi connectivity index (χ3v) is 9.42. The molecule has 7 rings (SSSR count). The van der Waals surface area contributed by atoms with Gasteiger partial charge in [-0.2, -0.15) is 0 Å². The first-order valence-electron chi connectivity index (χ1n) is 16.6. The summed E-state index contributed by atoms with van der Waals surface area (Å²) >= 11 is 0. The molecule has 1 N–H and O–H groups in total. The number of hydrogen-bond donors (Lipinski definition) is 1. The number of likely N-dealkylation sites (tertiary alicyclic amines) is 1. The highest BCUT2D eigenvalue weighted by molar-refractivity contribution is 5.82. The van der Waals surface area contributed by atoms with Gasteiger partial charge in [0.15, 0.2) is 11.5 Å². The van der Waals surface area contributed by atoms with E-state index in [1.54, 1.807) is 23.7 Å². The molecule has 1 amide bonds. The number of aromatic nitrogens is 4. The lowest BCUT2D eigenvalue weighted by molar-refractivity contribution is -0.134. The molecule has 2 aromatic heterocycles. The lowest BCUT2D eigenvalue weighted by atomic mass is 9.73. The first kappa shape index (κ1) is 33.5. The average Bonchev–Trinajstić information content (AvgIpc) is 3.15. The second-order valence-corrected chi connectivity index (χ2v) is 12.3. The molecule has 1 saturated heterocycles. The van der Waals surface area contributed by atoms with Crippen LogP contribution in [0.1, 0.15) is 24.8 Å². The van der Waals surface area contributed by atoms with Crippen LogP contribution >= 0.6 is 0 Å². The normalized spacial score (nSPS) is 15.3. The maximum absolute atomic E-state index is 13.0. The van der Waals surface area contributed by atoms with Crippen molar-refractivity contribution in [3.8, 4) is 11.5 Å². The average molecular weight is 665 g/mol. The number of benzene rings is 3. The fourth-order valence-electron chi connectivity index (χ4n) is 6.65. The molecule has 0 saturated carbocycles. The lowest BCUT2D eigenvalue weighted by Gasteiger charge is -2.40. The minimum atomic E-state index is -0.390. The van der Waals surface area contributed by atoms with Crippen molar-refractivity contribution in [3.05, 3.63) is 105 Å². The Kier molecular flexibility index (Phi) is 10.4. The van der Waals surface area contributed by atoms with Gasteiger partial charge in [0.05, 0.1) is 46.4 Å². The second kappa shape index (κ2) is 15.2. The molecule has 5 aromatic rings. The fourth-order valence-corrected chi connectivity index (χ4v) is 6.65. The van der Waals surface area contributed by atoms with Crippen LogP contribution in [0, 0.1) is 5.41 Å². The van der Waals surface area contributed by atoms with E-state index in [2.05, 4.69) is 26.3 Å². The molecular formula is C37H40N6O6. The highest BCUT2D eigenvalue weighted by atomic mass is 16.6. The lowest BCUT2D eigenvalue weighted by Crippen LogP contribution is -2.49. The third kappa shape index (κ3) is 7.54. The molecule has 12 nitrogen and oxygen atoms in total. The quantitative estimate of drug-likeness (QED) is 0.236. The Labute approximate surface area is 283 Å². The topological polar surface area (TPSA) is 138 Å². The number of nitrogens with zero attached hydrogens (tertiary/aromatic N) is 5. The summed E-state index contributed by atoms with van der Waals surface area (Å²) in [6.07, 6.45) is 6.51. The Balaban J connectivity index is 0.000000248. The van der Waals surface area contributed by atoms with Crippen molar-refractivity contribution < 1.29 is 19.1 Å². The molecule has 2 aliphatic heterocycles. The van der Waals surface area contributed by atoms with Crippen LogP contribution < -0.4 is 25.9 Å². The smallest absolute Gasteiger partial charge is 0.269 e. The van der Waals surface area contributed by atoms with E-state index < -0.39 is 5.41 Å². The summed E-state index contributed by atoms with van der Waals surface area (Å²) in [4.78, 5) is 57.8. The summed E-state index contributed by atoms with van der Waals surface area (Å²) in [6.45, 7) is 4.23. The van der Waals surface area contributed by atoms with Crippen LogP contribution in [0.5, 0.6) is 11.5 Å². The van der Waals surface area contributed by atoms with E-state index in [0.29, 0.717) is 37.1 Å².